The molecule has 0 aromatic carbocycles. The van der Waals surface area contributed by atoms with Crippen molar-refractivity contribution in [2.75, 3.05) is 20.1 Å². The van der Waals surface area contributed by atoms with E-state index in [1.54, 1.807) is 0 Å². The van der Waals surface area contributed by atoms with E-state index in [4.69, 9.17) is 0 Å². The highest BCUT2D eigenvalue weighted by Crippen LogP contribution is 2.38. The van der Waals surface area contributed by atoms with Crippen LogP contribution in [-0.4, -0.2) is 60.3 Å². The molecule has 136 valence electrons. The Kier molecular flexibility index (Phi) is 4.60. The highest BCUT2D eigenvalue weighted by atomic mass is 15.3. The van der Waals surface area contributed by atoms with Crippen LogP contribution in [0.2, 0.25) is 0 Å². The fourth-order valence-corrected chi connectivity index (χ4v) is 3.86. The van der Waals surface area contributed by atoms with Gasteiger partial charge in [-0.25, -0.2) is 4.98 Å². The third-order valence-corrected chi connectivity index (χ3v) is 5.71. The van der Waals surface area contributed by atoms with Gasteiger partial charge >= 0.3 is 0 Å². The maximum atomic E-state index is 4.51. The summed E-state index contributed by atoms with van der Waals surface area (Å²) < 4.78 is 4.44. The Labute approximate surface area is 149 Å². The topological polar surface area (TPSA) is 55.0 Å². The number of hydrogen-bond acceptors (Lipinski definition) is 5. The maximum Gasteiger partial charge on any atom is 0.146 e. The van der Waals surface area contributed by atoms with Crippen molar-refractivity contribution in [1.82, 2.24) is 34.1 Å². The van der Waals surface area contributed by atoms with Gasteiger partial charge in [0.2, 0.25) is 0 Å². The first kappa shape index (κ1) is 16.7. The van der Waals surface area contributed by atoms with E-state index in [9.17, 15) is 0 Å². The minimum absolute atomic E-state index is 0.575. The van der Waals surface area contributed by atoms with Crippen LogP contribution in [0.1, 0.15) is 49.6 Å². The average molecular weight is 343 g/mol. The van der Waals surface area contributed by atoms with Gasteiger partial charge < -0.3 is 9.13 Å². The van der Waals surface area contributed by atoms with E-state index in [-0.39, 0.29) is 0 Å². The molecule has 2 fully saturated rings. The van der Waals surface area contributed by atoms with Crippen LogP contribution >= 0.6 is 0 Å². The van der Waals surface area contributed by atoms with E-state index in [0.29, 0.717) is 12.0 Å². The van der Waals surface area contributed by atoms with E-state index in [1.807, 2.05) is 6.20 Å². The predicted molar refractivity (Wildman–Crippen MR) is 96.0 cm³/mol. The minimum atomic E-state index is 0.575. The molecule has 3 heterocycles. The van der Waals surface area contributed by atoms with Gasteiger partial charge in [0.15, 0.2) is 0 Å². The maximum absolute atomic E-state index is 4.51. The first-order valence-corrected chi connectivity index (χ1v) is 9.46. The van der Waals surface area contributed by atoms with Crippen LogP contribution < -0.4 is 0 Å². The lowest BCUT2D eigenvalue weighted by Gasteiger charge is -2.24. The first-order chi connectivity index (χ1) is 12.2. The summed E-state index contributed by atoms with van der Waals surface area (Å²) in [5.41, 5.74) is 0. The van der Waals surface area contributed by atoms with Crippen molar-refractivity contribution in [1.29, 1.82) is 0 Å². The molecule has 1 aliphatic heterocycles. The zero-order chi connectivity index (χ0) is 17.4. The second kappa shape index (κ2) is 6.88. The van der Waals surface area contributed by atoms with Crippen molar-refractivity contribution in [3.05, 3.63) is 29.9 Å². The molecule has 1 saturated carbocycles. The highest BCUT2D eigenvalue weighted by molar-refractivity contribution is 5.08. The van der Waals surface area contributed by atoms with E-state index in [1.165, 1.54) is 30.9 Å². The Morgan fingerprint density at radius 1 is 1.20 bits per heavy atom. The minimum Gasteiger partial charge on any atom is -0.334 e. The largest absolute Gasteiger partial charge is 0.334 e. The third kappa shape index (κ3) is 3.48. The molecule has 2 aromatic rings. The molecule has 0 unspecified atom stereocenters. The molecule has 1 atom stereocenters. The normalized spacial score (nSPS) is 21.5. The Morgan fingerprint density at radius 2 is 2.04 bits per heavy atom. The molecule has 25 heavy (non-hydrogen) atoms. The van der Waals surface area contributed by atoms with Crippen molar-refractivity contribution < 1.29 is 0 Å². The molecule has 2 aromatic heterocycles. The standard InChI is InChI=1S/C18H29N7/c1-4-25-10-8-19-16(25)13-24-9-7-15(11-24)22(2)12-17-20-21-18(23(17)3)14-5-6-14/h8,10,14-15H,4-7,9,11-13H2,1-3H3/t15-/m0/s1. The zero-order valence-corrected chi connectivity index (χ0v) is 15.6. The first-order valence-electron chi connectivity index (χ1n) is 9.46. The predicted octanol–water partition coefficient (Wildman–Crippen LogP) is 1.62. The summed E-state index contributed by atoms with van der Waals surface area (Å²) in [6, 6.07) is 0.575. The average Bonchev–Trinajstić information content (AvgIpc) is 3.02. The van der Waals surface area contributed by atoms with Gasteiger partial charge in [-0.05, 0) is 33.2 Å². The number of nitrogens with zero attached hydrogens (tertiary/aromatic N) is 7. The molecule has 0 bridgehead atoms. The molecule has 1 aliphatic carbocycles. The van der Waals surface area contributed by atoms with Gasteiger partial charge in [0.1, 0.15) is 17.5 Å². The van der Waals surface area contributed by atoms with Crippen molar-refractivity contribution >= 4 is 0 Å². The molecule has 7 heteroatoms. The number of hydrogen-bond donors (Lipinski definition) is 0. The highest BCUT2D eigenvalue weighted by Gasteiger charge is 2.31. The monoisotopic (exact) mass is 343 g/mol. The second-order valence-electron chi connectivity index (χ2n) is 7.53. The van der Waals surface area contributed by atoms with Crippen LogP contribution in [0.25, 0.3) is 0 Å². The molecule has 0 N–H and O–H groups in total. The molecule has 4 rings (SSSR count). The van der Waals surface area contributed by atoms with Crippen LogP contribution in [0.3, 0.4) is 0 Å². The van der Waals surface area contributed by atoms with Crippen LogP contribution in [0.5, 0.6) is 0 Å². The molecule has 1 saturated heterocycles. The Hall–Kier alpha value is -1.73. The van der Waals surface area contributed by atoms with Gasteiger partial charge in [0.05, 0.1) is 13.1 Å². The number of likely N-dealkylation sites (tertiary alicyclic amines) is 1. The van der Waals surface area contributed by atoms with Crippen LogP contribution in [0.15, 0.2) is 12.4 Å². The molecule has 7 nitrogen and oxygen atoms in total. The molecule has 0 radical (unpaired) electrons. The lowest BCUT2D eigenvalue weighted by Crippen LogP contribution is -2.35. The van der Waals surface area contributed by atoms with Gasteiger partial charge in [-0.3, -0.25) is 9.80 Å². The van der Waals surface area contributed by atoms with E-state index >= 15 is 0 Å². The summed E-state index contributed by atoms with van der Waals surface area (Å²) >= 11 is 0. The van der Waals surface area contributed by atoms with Gasteiger partial charge in [0, 0.05) is 51.0 Å². The smallest absolute Gasteiger partial charge is 0.146 e. The molecule has 0 spiro atoms. The van der Waals surface area contributed by atoms with E-state index in [0.717, 1.165) is 38.5 Å². The summed E-state index contributed by atoms with van der Waals surface area (Å²) in [6.45, 7) is 7.21. The van der Waals surface area contributed by atoms with Crippen LogP contribution in [0, 0.1) is 0 Å². The fourth-order valence-electron chi connectivity index (χ4n) is 3.86. The van der Waals surface area contributed by atoms with Crippen LogP contribution in [0.4, 0.5) is 0 Å². The fraction of sp³-hybridized carbons (Fsp3) is 0.722. The lowest BCUT2D eigenvalue weighted by atomic mass is 10.2. The molecule has 2 aliphatic rings. The molecular weight excluding hydrogens is 314 g/mol. The Bertz CT molecular complexity index is 715. The van der Waals surface area contributed by atoms with E-state index in [2.05, 4.69) is 61.3 Å². The summed E-state index contributed by atoms with van der Waals surface area (Å²) in [5, 5.41) is 8.84. The number of imidazole rings is 1. The molecular formula is C18H29N7. The van der Waals surface area contributed by atoms with Gasteiger partial charge in [0.25, 0.3) is 0 Å². The summed E-state index contributed by atoms with van der Waals surface area (Å²) in [4.78, 5) is 9.46. The summed E-state index contributed by atoms with van der Waals surface area (Å²) in [5.74, 6) is 4.08. The molecule has 0 amide bonds. The Balaban J connectivity index is 1.33. The SMILES string of the molecule is CCn1ccnc1CN1CC[C@H](N(C)Cc2nnc(C3CC3)n2C)C1. The Morgan fingerprint density at radius 3 is 2.80 bits per heavy atom. The number of aromatic nitrogens is 5. The van der Waals surface area contributed by atoms with Crippen LogP contribution in [-0.2, 0) is 26.7 Å². The third-order valence-electron chi connectivity index (χ3n) is 5.71. The number of likely N-dealkylation sites (N-methyl/N-ethyl adjacent to an activating group) is 1. The van der Waals surface area contributed by atoms with Crippen molar-refractivity contribution in [2.24, 2.45) is 7.05 Å². The quantitative estimate of drug-likeness (QED) is 0.765. The van der Waals surface area contributed by atoms with Crippen molar-refractivity contribution in [3.8, 4) is 0 Å². The number of rotatable bonds is 7. The van der Waals surface area contributed by atoms with Gasteiger partial charge in [-0.1, -0.05) is 0 Å². The van der Waals surface area contributed by atoms with Crippen molar-refractivity contribution in [3.63, 3.8) is 0 Å². The van der Waals surface area contributed by atoms with Gasteiger partial charge in [-0.2, -0.15) is 0 Å². The van der Waals surface area contributed by atoms with Gasteiger partial charge in [-0.15, -0.1) is 10.2 Å². The summed E-state index contributed by atoms with van der Waals surface area (Å²) in [6.07, 6.45) is 7.72. The lowest BCUT2D eigenvalue weighted by molar-refractivity contribution is 0.214. The number of aryl methyl sites for hydroxylation is 1. The summed E-state index contributed by atoms with van der Waals surface area (Å²) in [7, 11) is 4.33. The zero-order valence-electron chi connectivity index (χ0n) is 15.6. The van der Waals surface area contributed by atoms with E-state index < -0.39 is 0 Å². The second-order valence-corrected chi connectivity index (χ2v) is 7.53. The van der Waals surface area contributed by atoms with Crippen molar-refractivity contribution in [2.45, 2.75) is 57.8 Å².